The maximum atomic E-state index is 12.2. The summed E-state index contributed by atoms with van der Waals surface area (Å²) in [4.78, 5) is 18.8. The van der Waals surface area contributed by atoms with Crippen LogP contribution in [0.1, 0.15) is 23.1 Å². The second-order valence-electron chi connectivity index (χ2n) is 4.42. The molecule has 0 bridgehead atoms. The number of ether oxygens (including phenoxy) is 2. The Hall–Kier alpha value is -1.70. The molecule has 7 heteroatoms. The molecule has 1 heterocycles. The van der Waals surface area contributed by atoms with E-state index in [1.807, 2.05) is 24.3 Å². The number of hydrogen-bond donors (Lipinski definition) is 2. The number of anilines is 1. The molecule has 0 atom stereocenters. The van der Waals surface area contributed by atoms with Crippen LogP contribution in [0.5, 0.6) is 0 Å². The van der Waals surface area contributed by atoms with Crippen LogP contribution in [0.15, 0.2) is 33.5 Å². The molecule has 0 aliphatic heterocycles. The highest BCUT2D eigenvalue weighted by Gasteiger charge is 2.20. The summed E-state index contributed by atoms with van der Waals surface area (Å²) in [6.07, 6.45) is -0.325. The van der Waals surface area contributed by atoms with Gasteiger partial charge in [0.15, 0.2) is 0 Å². The van der Waals surface area contributed by atoms with Crippen LogP contribution < -0.4 is 11.3 Å². The first kappa shape index (κ1) is 15.7. The van der Waals surface area contributed by atoms with Gasteiger partial charge in [-0.2, -0.15) is 0 Å². The van der Waals surface area contributed by atoms with Crippen LogP contribution >= 0.6 is 15.9 Å². The molecule has 2 rings (SSSR count). The summed E-state index contributed by atoms with van der Waals surface area (Å²) in [5.74, 6) is 0.0358. The van der Waals surface area contributed by atoms with E-state index in [9.17, 15) is 4.79 Å². The fourth-order valence-corrected chi connectivity index (χ4v) is 2.29. The Morgan fingerprint density at radius 3 is 2.48 bits per heavy atom. The van der Waals surface area contributed by atoms with Crippen LogP contribution in [-0.4, -0.2) is 24.2 Å². The van der Waals surface area contributed by atoms with Gasteiger partial charge in [-0.15, -0.1) is 0 Å². The van der Waals surface area contributed by atoms with E-state index < -0.39 is 6.29 Å². The van der Waals surface area contributed by atoms with Crippen molar-refractivity contribution < 1.29 is 9.47 Å². The van der Waals surface area contributed by atoms with E-state index in [0.29, 0.717) is 17.7 Å². The van der Waals surface area contributed by atoms with Crippen molar-refractivity contribution >= 4 is 21.9 Å². The molecular weight excluding hydrogens is 338 g/mol. The predicted molar refractivity (Wildman–Crippen MR) is 83.0 cm³/mol. The summed E-state index contributed by atoms with van der Waals surface area (Å²) >= 11 is 3.38. The zero-order valence-corrected chi connectivity index (χ0v) is 13.3. The number of aromatic amines is 1. The number of nitrogens with zero attached hydrogens (tertiary/aromatic N) is 1. The number of aromatic nitrogens is 2. The van der Waals surface area contributed by atoms with Gasteiger partial charge < -0.3 is 15.2 Å². The van der Waals surface area contributed by atoms with E-state index in [0.717, 1.165) is 10.0 Å². The van der Waals surface area contributed by atoms with Crippen molar-refractivity contribution in [3.8, 4) is 0 Å². The van der Waals surface area contributed by atoms with Gasteiger partial charge in [0.1, 0.15) is 5.69 Å². The standard InChI is InChI=1S/C14H16BrN3O3/c1-20-13(21-2)11-10(12(19)18-14(16)17-11)7-8-3-5-9(15)6-4-8/h3-6,13H,7H2,1-2H3,(H3,16,17,18,19). The van der Waals surface area contributed by atoms with Gasteiger partial charge in [0.25, 0.3) is 5.56 Å². The second-order valence-corrected chi connectivity index (χ2v) is 5.34. The third kappa shape index (κ3) is 3.69. The maximum absolute atomic E-state index is 12.2. The molecule has 0 aliphatic carbocycles. The molecule has 0 unspecified atom stereocenters. The van der Waals surface area contributed by atoms with Crippen LogP contribution in [-0.2, 0) is 15.9 Å². The van der Waals surface area contributed by atoms with Gasteiger partial charge in [-0.05, 0) is 17.7 Å². The summed E-state index contributed by atoms with van der Waals surface area (Å²) < 4.78 is 11.4. The van der Waals surface area contributed by atoms with Gasteiger partial charge >= 0.3 is 0 Å². The summed E-state index contributed by atoms with van der Waals surface area (Å²) in [5.41, 5.74) is 7.15. The van der Waals surface area contributed by atoms with Crippen LogP contribution in [0, 0.1) is 0 Å². The number of rotatable bonds is 5. The number of nitrogen functional groups attached to an aromatic ring is 1. The lowest BCUT2D eigenvalue weighted by atomic mass is 10.0. The monoisotopic (exact) mass is 353 g/mol. The van der Waals surface area contributed by atoms with E-state index >= 15 is 0 Å². The third-order valence-electron chi connectivity index (χ3n) is 3.01. The molecule has 3 N–H and O–H groups in total. The van der Waals surface area contributed by atoms with E-state index in [4.69, 9.17) is 15.2 Å². The summed E-state index contributed by atoms with van der Waals surface area (Å²) in [5, 5.41) is 0. The summed E-state index contributed by atoms with van der Waals surface area (Å²) in [7, 11) is 2.97. The van der Waals surface area contributed by atoms with E-state index in [1.54, 1.807) is 0 Å². The van der Waals surface area contributed by atoms with Gasteiger partial charge in [0, 0.05) is 30.7 Å². The van der Waals surface area contributed by atoms with Gasteiger partial charge in [-0.25, -0.2) is 4.98 Å². The van der Waals surface area contributed by atoms with Gasteiger partial charge in [0.05, 0.1) is 0 Å². The molecule has 112 valence electrons. The molecular formula is C14H16BrN3O3. The molecule has 6 nitrogen and oxygen atoms in total. The Labute approximate surface area is 130 Å². The molecule has 0 saturated heterocycles. The van der Waals surface area contributed by atoms with Gasteiger partial charge in [-0.1, -0.05) is 28.1 Å². The first-order valence-corrected chi connectivity index (χ1v) is 7.03. The molecule has 0 aliphatic rings. The van der Waals surface area contributed by atoms with Crippen LogP contribution in [0.4, 0.5) is 5.95 Å². The van der Waals surface area contributed by atoms with E-state index in [1.165, 1.54) is 14.2 Å². The van der Waals surface area contributed by atoms with Crippen molar-refractivity contribution in [1.29, 1.82) is 0 Å². The van der Waals surface area contributed by atoms with Crippen molar-refractivity contribution in [3.63, 3.8) is 0 Å². The highest BCUT2D eigenvalue weighted by Crippen LogP contribution is 2.21. The Morgan fingerprint density at radius 2 is 1.90 bits per heavy atom. The quantitative estimate of drug-likeness (QED) is 0.802. The molecule has 0 fully saturated rings. The van der Waals surface area contributed by atoms with Crippen molar-refractivity contribution in [2.24, 2.45) is 0 Å². The number of halogens is 1. The Kier molecular flexibility index (Phi) is 5.11. The SMILES string of the molecule is COC(OC)c1nc(N)[nH]c(=O)c1Cc1ccc(Br)cc1. The fraction of sp³-hybridized carbons (Fsp3) is 0.286. The fourth-order valence-electron chi connectivity index (χ4n) is 2.02. The Bertz CT molecular complexity index is 666. The minimum Gasteiger partial charge on any atom is -0.369 e. The first-order chi connectivity index (χ1) is 10.0. The van der Waals surface area contributed by atoms with Crippen molar-refractivity contribution in [3.05, 3.63) is 55.9 Å². The van der Waals surface area contributed by atoms with Gasteiger partial charge in [0.2, 0.25) is 12.2 Å². The molecule has 1 aromatic carbocycles. The normalized spacial score (nSPS) is 11.0. The molecule has 0 saturated carbocycles. The molecule has 2 aromatic rings. The smallest absolute Gasteiger partial charge is 0.256 e. The lowest BCUT2D eigenvalue weighted by molar-refractivity contribution is -0.109. The number of hydrogen-bond acceptors (Lipinski definition) is 5. The average Bonchev–Trinajstić information content (AvgIpc) is 2.46. The van der Waals surface area contributed by atoms with Crippen LogP contribution in [0.2, 0.25) is 0 Å². The zero-order chi connectivity index (χ0) is 15.4. The summed E-state index contributed by atoms with van der Waals surface area (Å²) in [6.45, 7) is 0. The number of nitrogens with one attached hydrogen (secondary N) is 1. The van der Waals surface area contributed by atoms with E-state index in [2.05, 4.69) is 25.9 Å². The molecule has 0 spiro atoms. The van der Waals surface area contributed by atoms with Crippen LogP contribution in [0.25, 0.3) is 0 Å². The third-order valence-corrected chi connectivity index (χ3v) is 3.54. The highest BCUT2D eigenvalue weighted by atomic mass is 79.9. The number of benzene rings is 1. The van der Waals surface area contributed by atoms with Crippen molar-refractivity contribution in [2.75, 3.05) is 20.0 Å². The topological polar surface area (TPSA) is 90.2 Å². The average molecular weight is 354 g/mol. The number of methoxy groups -OCH3 is 2. The largest absolute Gasteiger partial charge is 0.369 e. The lowest BCUT2D eigenvalue weighted by Gasteiger charge is -2.16. The minimum atomic E-state index is -0.736. The molecule has 0 amide bonds. The highest BCUT2D eigenvalue weighted by molar-refractivity contribution is 9.10. The second kappa shape index (κ2) is 6.84. The van der Waals surface area contributed by atoms with Crippen molar-refractivity contribution in [2.45, 2.75) is 12.7 Å². The summed E-state index contributed by atoms with van der Waals surface area (Å²) in [6, 6.07) is 7.69. The molecule has 21 heavy (non-hydrogen) atoms. The first-order valence-electron chi connectivity index (χ1n) is 6.23. The van der Waals surface area contributed by atoms with Crippen LogP contribution in [0.3, 0.4) is 0 Å². The lowest BCUT2D eigenvalue weighted by Crippen LogP contribution is -2.23. The van der Waals surface area contributed by atoms with E-state index in [-0.39, 0.29) is 11.5 Å². The predicted octanol–water partition coefficient (Wildman–Crippen LogP) is 2.00. The molecule has 0 radical (unpaired) electrons. The van der Waals surface area contributed by atoms with Gasteiger partial charge in [-0.3, -0.25) is 9.78 Å². The Balaban J connectivity index is 2.46. The Morgan fingerprint density at radius 1 is 1.29 bits per heavy atom. The minimum absolute atomic E-state index is 0.0358. The molecule has 1 aromatic heterocycles. The number of nitrogens with two attached hydrogens (primary N) is 1. The number of H-pyrrole nitrogens is 1. The maximum Gasteiger partial charge on any atom is 0.256 e. The van der Waals surface area contributed by atoms with Crippen molar-refractivity contribution in [1.82, 2.24) is 9.97 Å². The zero-order valence-electron chi connectivity index (χ0n) is 11.7.